The van der Waals surface area contributed by atoms with E-state index in [1.54, 1.807) is 0 Å². The lowest BCUT2D eigenvalue weighted by atomic mass is 9.91. The highest BCUT2D eigenvalue weighted by Gasteiger charge is 2.22. The fourth-order valence-electron chi connectivity index (χ4n) is 3.20. The van der Waals surface area contributed by atoms with Crippen molar-refractivity contribution in [3.63, 3.8) is 0 Å². The van der Waals surface area contributed by atoms with Crippen LogP contribution in [0.4, 0.5) is 0 Å². The lowest BCUT2D eigenvalue weighted by Gasteiger charge is -2.26. The predicted octanol–water partition coefficient (Wildman–Crippen LogP) is 4.31. The van der Waals surface area contributed by atoms with E-state index in [9.17, 15) is 5.11 Å². The number of aliphatic hydroxyl groups is 1. The average molecular weight is 276 g/mol. The van der Waals surface area contributed by atoms with Gasteiger partial charge in [0.2, 0.25) is 0 Å². The summed E-state index contributed by atoms with van der Waals surface area (Å²) >= 11 is 0. The number of benzene rings is 1. The van der Waals surface area contributed by atoms with Gasteiger partial charge in [0.1, 0.15) is 0 Å². The molecule has 2 atom stereocenters. The van der Waals surface area contributed by atoms with Crippen LogP contribution in [0, 0.1) is 5.92 Å². The fraction of sp³-hybridized carbons (Fsp3) is 0.667. The van der Waals surface area contributed by atoms with Gasteiger partial charge in [-0.05, 0) is 30.7 Å². The number of rotatable bonds is 5. The van der Waals surface area contributed by atoms with Crippen molar-refractivity contribution < 1.29 is 9.84 Å². The van der Waals surface area contributed by atoms with E-state index in [0.717, 1.165) is 12.8 Å². The highest BCUT2D eigenvalue weighted by Crippen LogP contribution is 2.27. The Balaban J connectivity index is 1.91. The molecule has 1 aliphatic rings. The topological polar surface area (TPSA) is 29.5 Å². The highest BCUT2D eigenvalue weighted by molar-refractivity contribution is 5.13. The van der Waals surface area contributed by atoms with E-state index in [4.69, 9.17) is 4.74 Å². The average Bonchev–Trinajstić information content (AvgIpc) is 2.59. The van der Waals surface area contributed by atoms with E-state index in [1.807, 2.05) is 6.07 Å². The Hall–Kier alpha value is -0.860. The van der Waals surface area contributed by atoms with Gasteiger partial charge >= 0.3 is 0 Å². The molecule has 1 aromatic carbocycles. The molecule has 0 saturated heterocycles. The summed E-state index contributed by atoms with van der Waals surface area (Å²) < 4.78 is 6.21. The summed E-state index contributed by atoms with van der Waals surface area (Å²) in [4.78, 5) is 0. The molecule has 1 fully saturated rings. The minimum Gasteiger partial charge on any atom is -0.396 e. The second kappa shape index (κ2) is 9.15. The molecule has 0 aromatic heterocycles. The summed E-state index contributed by atoms with van der Waals surface area (Å²) in [5, 5.41) is 9.30. The van der Waals surface area contributed by atoms with Crippen molar-refractivity contribution in [3.8, 4) is 0 Å². The van der Waals surface area contributed by atoms with Crippen molar-refractivity contribution >= 4 is 0 Å². The zero-order chi connectivity index (χ0) is 14.0. The van der Waals surface area contributed by atoms with Crippen molar-refractivity contribution in [2.75, 3.05) is 6.61 Å². The van der Waals surface area contributed by atoms with Gasteiger partial charge in [-0.3, -0.25) is 0 Å². The third-order valence-electron chi connectivity index (χ3n) is 4.40. The Bertz CT molecular complexity index is 350. The van der Waals surface area contributed by atoms with Gasteiger partial charge in [-0.25, -0.2) is 0 Å². The van der Waals surface area contributed by atoms with Crippen molar-refractivity contribution in [1.82, 2.24) is 0 Å². The largest absolute Gasteiger partial charge is 0.396 e. The molecule has 0 aliphatic heterocycles. The van der Waals surface area contributed by atoms with E-state index in [0.29, 0.717) is 18.6 Å². The van der Waals surface area contributed by atoms with Crippen LogP contribution in [0.2, 0.25) is 0 Å². The van der Waals surface area contributed by atoms with Gasteiger partial charge in [-0.2, -0.15) is 0 Å². The highest BCUT2D eigenvalue weighted by atomic mass is 16.5. The van der Waals surface area contributed by atoms with Gasteiger partial charge in [0.25, 0.3) is 0 Å². The first-order chi connectivity index (χ1) is 9.90. The Kier molecular flexibility index (Phi) is 7.10. The predicted molar refractivity (Wildman–Crippen MR) is 82.5 cm³/mol. The lowest BCUT2D eigenvalue weighted by Crippen LogP contribution is -2.25. The zero-order valence-electron chi connectivity index (χ0n) is 12.5. The Labute approximate surface area is 123 Å². The smallest absolute Gasteiger partial charge is 0.0720 e. The Morgan fingerprint density at radius 2 is 1.65 bits per heavy atom. The van der Waals surface area contributed by atoms with Gasteiger partial charge in [0.15, 0.2) is 0 Å². The summed E-state index contributed by atoms with van der Waals surface area (Å²) in [6.07, 6.45) is 10.1. The van der Waals surface area contributed by atoms with Crippen LogP contribution in [0.3, 0.4) is 0 Å². The number of aliphatic hydroxyl groups excluding tert-OH is 1. The van der Waals surface area contributed by atoms with E-state index < -0.39 is 0 Å². The minimum atomic E-state index is 0.288. The van der Waals surface area contributed by atoms with Crippen LogP contribution >= 0.6 is 0 Å². The molecule has 20 heavy (non-hydrogen) atoms. The maximum absolute atomic E-state index is 9.30. The first-order valence-corrected chi connectivity index (χ1v) is 8.16. The van der Waals surface area contributed by atoms with Crippen LogP contribution < -0.4 is 0 Å². The molecule has 2 heteroatoms. The summed E-state index contributed by atoms with van der Waals surface area (Å²) in [5.41, 5.74) is 1.25. The van der Waals surface area contributed by atoms with Crippen LogP contribution in [0.5, 0.6) is 0 Å². The quantitative estimate of drug-likeness (QED) is 0.868. The molecule has 0 spiro atoms. The second-order valence-electron chi connectivity index (χ2n) is 5.95. The molecule has 0 heterocycles. The molecule has 1 saturated carbocycles. The molecule has 2 rings (SSSR count). The normalized spacial score (nSPS) is 24.6. The zero-order valence-corrected chi connectivity index (χ0v) is 12.5. The molecule has 0 amide bonds. The summed E-state index contributed by atoms with van der Waals surface area (Å²) in [7, 11) is 0. The molecule has 1 aliphatic carbocycles. The van der Waals surface area contributed by atoms with E-state index in [1.165, 1.54) is 44.1 Å². The summed E-state index contributed by atoms with van der Waals surface area (Å²) in [6.45, 7) is 0.989. The fourth-order valence-corrected chi connectivity index (χ4v) is 3.20. The van der Waals surface area contributed by atoms with Crippen molar-refractivity contribution in [3.05, 3.63) is 35.9 Å². The van der Waals surface area contributed by atoms with Gasteiger partial charge in [0, 0.05) is 6.61 Å². The Morgan fingerprint density at radius 3 is 2.40 bits per heavy atom. The number of ether oxygens (including phenoxy) is 1. The van der Waals surface area contributed by atoms with E-state index >= 15 is 0 Å². The monoisotopic (exact) mass is 276 g/mol. The third-order valence-corrected chi connectivity index (χ3v) is 4.40. The third kappa shape index (κ3) is 5.26. The van der Waals surface area contributed by atoms with Gasteiger partial charge in [-0.15, -0.1) is 0 Å². The lowest BCUT2D eigenvalue weighted by molar-refractivity contribution is -0.0146. The molecule has 1 N–H and O–H groups in total. The summed E-state index contributed by atoms with van der Waals surface area (Å²) in [6, 6.07) is 10.4. The van der Waals surface area contributed by atoms with E-state index in [-0.39, 0.29) is 6.61 Å². The standard InChI is InChI=1S/C18H28O2/c19-14-13-17-11-7-2-1-3-8-12-18(17)20-15-16-9-5-4-6-10-16/h4-6,9-10,17-19H,1-3,7-8,11-15H2. The van der Waals surface area contributed by atoms with Crippen molar-refractivity contribution in [2.24, 2.45) is 5.92 Å². The first kappa shape index (κ1) is 15.5. The van der Waals surface area contributed by atoms with Crippen molar-refractivity contribution in [1.29, 1.82) is 0 Å². The maximum Gasteiger partial charge on any atom is 0.0720 e. The molecular weight excluding hydrogens is 248 g/mol. The molecule has 0 radical (unpaired) electrons. The van der Waals surface area contributed by atoms with Crippen LogP contribution in [0.25, 0.3) is 0 Å². The molecule has 2 nitrogen and oxygen atoms in total. The van der Waals surface area contributed by atoms with Gasteiger partial charge in [-0.1, -0.05) is 62.4 Å². The molecule has 2 unspecified atom stereocenters. The number of hydrogen-bond acceptors (Lipinski definition) is 2. The second-order valence-corrected chi connectivity index (χ2v) is 5.95. The van der Waals surface area contributed by atoms with Gasteiger partial charge in [0.05, 0.1) is 12.7 Å². The first-order valence-electron chi connectivity index (χ1n) is 8.16. The summed E-state index contributed by atoms with van der Waals surface area (Å²) in [5.74, 6) is 0.529. The van der Waals surface area contributed by atoms with E-state index in [2.05, 4.69) is 24.3 Å². The molecule has 1 aromatic rings. The molecule has 0 bridgehead atoms. The van der Waals surface area contributed by atoms with Gasteiger partial charge < -0.3 is 9.84 Å². The Morgan fingerprint density at radius 1 is 0.950 bits per heavy atom. The van der Waals surface area contributed by atoms with Crippen LogP contribution in [0.1, 0.15) is 56.9 Å². The molecular formula is C18H28O2. The number of hydrogen-bond donors (Lipinski definition) is 1. The maximum atomic E-state index is 9.30. The van der Waals surface area contributed by atoms with Crippen LogP contribution in [-0.2, 0) is 11.3 Å². The molecule has 112 valence electrons. The van der Waals surface area contributed by atoms with Crippen LogP contribution in [-0.4, -0.2) is 17.8 Å². The van der Waals surface area contributed by atoms with Crippen LogP contribution in [0.15, 0.2) is 30.3 Å². The van der Waals surface area contributed by atoms with Crippen molar-refractivity contribution in [2.45, 2.75) is 64.1 Å². The minimum absolute atomic E-state index is 0.288. The SMILES string of the molecule is OCCC1CCCCCCCC1OCc1ccccc1.